The van der Waals surface area contributed by atoms with E-state index in [2.05, 4.69) is 0 Å². The van der Waals surface area contributed by atoms with Crippen molar-refractivity contribution in [3.63, 3.8) is 0 Å². The number of hydrogen-bond donors (Lipinski definition) is 0. The van der Waals surface area contributed by atoms with E-state index in [9.17, 15) is 9.59 Å². The van der Waals surface area contributed by atoms with Crippen LogP contribution in [0.3, 0.4) is 0 Å². The van der Waals surface area contributed by atoms with E-state index < -0.39 is 0 Å². The predicted octanol–water partition coefficient (Wildman–Crippen LogP) is 3.28. The number of furan rings is 1. The summed E-state index contributed by atoms with van der Waals surface area (Å²) in [4.78, 5) is 26.2. The van der Waals surface area contributed by atoms with Crippen molar-refractivity contribution in [2.24, 2.45) is 0 Å². The fourth-order valence-corrected chi connectivity index (χ4v) is 3.32. The number of hydrogen-bond acceptors (Lipinski definition) is 3. The van der Waals surface area contributed by atoms with Crippen molar-refractivity contribution in [2.45, 2.75) is 51.1 Å². The molecule has 0 saturated heterocycles. The maximum atomic E-state index is 12.7. The van der Waals surface area contributed by atoms with Crippen molar-refractivity contribution in [2.75, 3.05) is 7.05 Å². The van der Waals surface area contributed by atoms with Crippen molar-refractivity contribution >= 4 is 5.91 Å². The predicted molar refractivity (Wildman–Crippen MR) is 92.1 cm³/mol. The molecule has 5 heteroatoms. The molecule has 0 bridgehead atoms. The van der Waals surface area contributed by atoms with Crippen LogP contribution in [0.4, 0.5) is 0 Å². The third-order valence-electron chi connectivity index (χ3n) is 4.79. The molecule has 0 spiro atoms. The summed E-state index contributed by atoms with van der Waals surface area (Å²) >= 11 is 0. The zero-order valence-electron chi connectivity index (χ0n) is 14.1. The SMILES string of the molecule is CN(C(=O)c1ccc(Cn2ccccc2=O)o1)C1CCCCCC1. The highest BCUT2D eigenvalue weighted by atomic mass is 16.4. The Bertz CT molecular complexity index is 739. The first-order chi connectivity index (χ1) is 11.6. The molecule has 128 valence electrons. The van der Waals surface area contributed by atoms with Gasteiger partial charge in [-0.2, -0.15) is 0 Å². The Kier molecular flexibility index (Phi) is 5.18. The molecule has 2 aromatic heterocycles. The maximum absolute atomic E-state index is 12.7. The molecular weight excluding hydrogens is 304 g/mol. The Morgan fingerprint density at radius 3 is 2.62 bits per heavy atom. The number of carbonyl (C=O) groups excluding carboxylic acids is 1. The van der Waals surface area contributed by atoms with Gasteiger partial charge in [0.05, 0.1) is 6.54 Å². The quantitative estimate of drug-likeness (QED) is 0.809. The maximum Gasteiger partial charge on any atom is 0.289 e. The molecule has 1 saturated carbocycles. The van der Waals surface area contributed by atoms with Gasteiger partial charge in [0, 0.05) is 25.4 Å². The Labute approximate surface area is 141 Å². The van der Waals surface area contributed by atoms with Gasteiger partial charge in [0.25, 0.3) is 11.5 Å². The third-order valence-corrected chi connectivity index (χ3v) is 4.79. The number of aromatic nitrogens is 1. The molecule has 0 atom stereocenters. The number of rotatable bonds is 4. The number of pyridine rings is 1. The van der Waals surface area contributed by atoms with Crippen LogP contribution in [0.5, 0.6) is 0 Å². The van der Waals surface area contributed by atoms with Crippen molar-refractivity contribution in [1.29, 1.82) is 0 Å². The lowest BCUT2D eigenvalue weighted by molar-refractivity contribution is 0.0683. The largest absolute Gasteiger partial charge is 0.454 e. The molecule has 1 fully saturated rings. The molecule has 2 heterocycles. The summed E-state index contributed by atoms with van der Waals surface area (Å²) in [6.07, 6.45) is 8.73. The van der Waals surface area contributed by atoms with Crippen molar-refractivity contribution in [3.8, 4) is 0 Å². The van der Waals surface area contributed by atoms with Gasteiger partial charge in [0.15, 0.2) is 5.76 Å². The molecule has 5 nitrogen and oxygen atoms in total. The van der Waals surface area contributed by atoms with Gasteiger partial charge >= 0.3 is 0 Å². The van der Waals surface area contributed by atoms with Crippen LogP contribution in [0.15, 0.2) is 45.7 Å². The van der Waals surface area contributed by atoms with Gasteiger partial charge in [-0.25, -0.2) is 0 Å². The molecule has 0 N–H and O–H groups in total. The Balaban J connectivity index is 1.69. The summed E-state index contributed by atoms with van der Waals surface area (Å²) in [6.45, 7) is 0.333. The lowest BCUT2D eigenvalue weighted by atomic mass is 10.1. The van der Waals surface area contributed by atoms with Gasteiger partial charge in [-0.05, 0) is 31.0 Å². The standard InChI is InChI=1S/C19H24N2O3/c1-20(15-8-4-2-3-5-9-15)19(23)17-12-11-16(24-17)14-21-13-7-6-10-18(21)22/h6-7,10-13,15H,2-5,8-9,14H2,1H3. The molecule has 1 amide bonds. The smallest absolute Gasteiger partial charge is 0.289 e. The number of amides is 1. The van der Waals surface area contributed by atoms with Gasteiger partial charge < -0.3 is 13.9 Å². The first-order valence-corrected chi connectivity index (χ1v) is 8.66. The van der Waals surface area contributed by atoms with E-state index in [1.807, 2.05) is 11.9 Å². The summed E-state index contributed by atoms with van der Waals surface area (Å²) in [5.74, 6) is 0.884. The second kappa shape index (κ2) is 7.51. The van der Waals surface area contributed by atoms with Crippen LogP contribution in [0.2, 0.25) is 0 Å². The van der Waals surface area contributed by atoms with Gasteiger partial charge in [0.2, 0.25) is 0 Å². The van der Waals surface area contributed by atoms with E-state index >= 15 is 0 Å². The normalized spacial score (nSPS) is 15.9. The molecule has 1 aliphatic rings. The number of carbonyl (C=O) groups is 1. The molecule has 0 aliphatic heterocycles. The molecule has 2 aromatic rings. The molecule has 0 unspecified atom stereocenters. The topological polar surface area (TPSA) is 55.5 Å². The van der Waals surface area contributed by atoms with Crippen LogP contribution in [0.1, 0.15) is 54.8 Å². The van der Waals surface area contributed by atoms with E-state index in [1.54, 1.807) is 35.0 Å². The second-order valence-electron chi connectivity index (χ2n) is 6.49. The second-order valence-corrected chi connectivity index (χ2v) is 6.49. The van der Waals surface area contributed by atoms with Crippen molar-refractivity contribution in [3.05, 3.63) is 58.4 Å². The van der Waals surface area contributed by atoms with Crippen molar-refractivity contribution < 1.29 is 9.21 Å². The Morgan fingerprint density at radius 1 is 1.17 bits per heavy atom. The third kappa shape index (κ3) is 3.78. The summed E-state index contributed by atoms with van der Waals surface area (Å²) in [7, 11) is 1.86. The van der Waals surface area contributed by atoms with Gasteiger partial charge in [0.1, 0.15) is 5.76 Å². The van der Waals surface area contributed by atoms with Crippen LogP contribution in [0, 0.1) is 0 Å². The van der Waals surface area contributed by atoms with Crippen LogP contribution in [-0.2, 0) is 6.54 Å². The zero-order chi connectivity index (χ0) is 16.9. The zero-order valence-corrected chi connectivity index (χ0v) is 14.1. The molecule has 0 radical (unpaired) electrons. The van der Waals surface area contributed by atoms with Crippen LogP contribution < -0.4 is 5.56 Å². The molecule has 1 aliphatic carbocycles. The van der Waals surface area contributed by atoms with Crippen LogP contribution in [0.25, 0.3) is 0 Å². The van der Waals surface area contributed by atoms with E-state index in [1.165, 1.54) is 31.7 Å². The van der Waals surface area contributed by atoms with Gasteiger partial charge in [-0.15, -0.1) is 0 Å². The molecule has 0 aromatic carbocycles. The average Bonchev–Trinajstić information content (AvgIpc) is 2.88. The summed E-state index contributed by atoms with van der Waals surface area (Å²) in [5.41, 5.74) is -0.0858. The first kappa shape index (κ1) is 16.6. The molecule has 3 rings (SSSR count). The fourth-order valence-electron chi connectivity index (χ4n) is 3.32. The van der Waals surface area contributed by atoms with E-state index in [4.69, 9.17) is 4.42 Å². The molecular formula is C19H24N2O3. The summed E-state index contributed by atoms with van der Waals surface area (Å²) in [6, 6.07) is 8.79. The van der Waals surface area contributed by atoms with E-state index in [-0.39, 0.29) is 11.5 Å². The minimum absolute atomic E-state index is 0.0754. The van der Waals surface area contributed by atoms with Crippen molar-refractivity contribution in [1.82, 2.24) is 9.47 Å². The monoisotopic (exact) mass is 328 g/mol. The highest BCUT2D eigenvalue weighted by molar-refractivity contribution is 5.91. The lowest BCUT2D eigenvalue weighted by Crippen LogP contribution is -2.36. The summed E-state index contributed by atoms with van der Waals surface area (Å²) in [5, 5.41) is 0. The highest BCUT2D eigenvalue weighted by Crippen LogP contribution is 2.23. The van der Waals surface area contributed by atoms with Crippen LogP contribution >= 0.6 is 0 Å². The van der Waals surface area contributed by atoms with E-state index in [0.29, 0.717) is 24.1 Å². The minimum Gasteiger partial charge on any atom is -0.454 e. The lowest BCUT2D eigenvalue weighted by Gasteiger charge is -2.26. The molecule has 24 heavy (non-hydrogen) atoms. The Morgan fingerprint density at radius 2 is 1.92 bits per heavy atom. The van der Waals surface area contributed by atoms with Gasteiger partial charge in [-0.3, -0.25) is 9.59 Å². The first-order valence-electron chi connectivity index (χ1n) is 8.66. The van der Waals surface area contributed by atoms with E-state index in [0.717, 1.165) is 12.8 Å². The average molecular weight is 328 g/mol. The fraction of sp³-hybridized carbons (Fsp3) is 0.474. The van der Waals surface area contributed by atoms with Gasteiger partial charge in [-0.1, -0.05) is 31.7 Å². The highest BCUT2D eigenvalue weighted by Gasteiger charge is 2.24. The van der Waals surface area contributed by atoms with Crippen LogP contribution in [-0.4, -0.2) is 28.5 Å². The Hall–Kier alpha value is -2.30. The summed E-state index contributed by atoms with van der Waals surface area (Å²) < 4.78 is 7.25. The minimum atomic E-state index is -0.0858. The number of nitrogens with zero attached hydrogens (tertiary/aromatic N) is 2.